The lowest BCUT2D eigenvalue weighted by Gasteiger charge is -2.26. The number of anilines is 1. The number of carbonyl (C=O) groups is 3. The summed E-state index contributed by atoms with van der Waals surface area (Å²) in [5.74, 6) is -0.581. The average molecular weight is 280 g/mol. The maximum absolute atomic E-state index is 12.2. The van der Waals surface area contributed by atoms with E-state index in [0.29, 0.717) is 10.7 Å². The minimum Gasteiger partial charge on any atom is -0.352 e. The van der Waals surface area contributed by atoms with Crippen LogP contribution in [0.2, 0.25) is 5.02 Å². The molecule has 4 amide bonds. The number of piperazine rings is 1. The second-order valence-electron chi connectivity index (χ2n) is 4.38. The van der Waals surface area contributed by atoms with Gasteiger partial charge in [-0.3, -0.25) is 9.59 Å². The Labute approximate surface area is 113 Å². The van der Waals surface area contributed by atoms with Crippen molar-refractivity contribution in [1.29, 1.82) is 0 Å². The molecule has 2 aliphatic heterocycles. The lowest BCUT2D eigenvalue weighted by atomic mass is 10.2. The van der Waals surface area contributed by atoms with E-state index in [9.17, 15) is 14.4 Å². The number of halogens is 1. The number of imide groups is 1. The van der Waals surface area contributed by atoms with Gasteiger partial charge in [-0.15, -0.1) is 0 Å². The van der Waals surface area contributed by atoms with Crippen LogP contribution in [-0.4, -0.2) is 41.9 Å². The van der Waals surface area contributed by atoms with E-state index in [0.717, 1.165) is 4.90 Å². The van der Waals surface area contributed by atoms with Crippen LogP contribution in [0.15, 0.2) is 24.3 Å². The van der Waals surface area contributed by atoms with E-state index in [-0.39, 0.29) is 24.9 Å². The molecule has 2 aliphatic rings. The van der Waals surface area contributed by atoms with E-state index in [1.807, 2.05) is 0 Å². The molecule has 3 rings (SSSR count). The first-order valence-corrected chi connectivity index (χ1v) is 6.12. The van der Waals surface area contributed by atoms with Crippen LogP contribution in [0.5, 0.6) is 0 Å². The highest BCUT2D eigenvalue weighted by Gasteiger charge is 2.48. The maximum Gasteiger partial charge on any atom is 0.332 e. The quantitative estimate of drug-likeness (QED) is 0.766. The van der Waals surface area contributed by atoms with E-state index in [1.54, 1.807) is 24.3 Å². The van der Waals surface area contributed by atoms with Crippen LogP contribution >= 0.6 is 11.6 Å². The minimum atomic E-state index is -0.610. The summed E-state index contributed by atoms with van der Waals surface area (Å²) in [4.78, 5) is 38.1. The van der Waals surface area contributed by atoms with Crippen molar-refractivity contribution in [3.63, 3.8) is 0 Å². The highest BCUT2D eigenvalue weighted by molar-refractivity contribution is 6.30. The fourth-order valence-electron chi connectivity index (χ4n) is 2.26. The fourth-order valence-corrected chi connectivity index (χ4v) is 2.39. The van der Waals surface area contributed by atoms with Gasteiger partial charge in [0.2, 0.25) is 5.91 Å². The van der Waals surface area contributed by atoms with Gasteiger partial charge in [-0.1, -0.05) is 11.6 Å². The van der Waals surface area contributed by atoms with Crippen LogP contribution in [0.1, 0.15) is 0 Å². The Morgan fingerprint density at radius 1 is 1.16 bits per heavy atom. The molecule has 2 saturated heterocycles. The zero-order chi connectivity index (χ0) is 13.6. The summed E-state index contributed by atoms with van der Waals surface area (Å²) in [5.41, 5.74) is 0.459. The molecule has 19 heavy (non-hydrogen) atoms. The first-order valence-electron chi connectivity index (χ1n) is 5.75. The van der Waals surface area contributed by atoms with Crippen molar-refractivity contribution < 1.29 is 14.4 Å². The Morgan fingerprint density at radius 2 is 1.84 bits per heavy atom. The Morgan fingerprint density at radius 3 is 2.53 bits per heavy atom. The van der Waals surface area contributed by atoms with E-state index in [1.165, 1.54) is 4.90 Å². The topological polar surface area (TPSA) is 69.7 Å². The van der Waals surface area contributed by atoms with Gasteiger partial charge in [0.1, 0.15) is 12.6 Å². The number of fused-ring (bicyclic) bond motifs is 1. The van der Waals surface area contributed by atoms with Crippen LogP contribution in [0, 0.1) is 0 Å². The number of carbonyl (C=O) groups excluding carboxylic acids is 3. The molecule has 2 heterocycles. The number of nitrogens with one attached hydrogen (secondary N) is 1. The van der Waals surface area contributed by atoms with Gasteiger partial charge in [0, 0.05) is 11.6 Å². The van der Waals surface area contributed by atoms with E-state index in [4.69, 9.17) is 11.6 Å². The Balaban J connectivity index is 1.95. The van der Waals surface area contributed by atoms with Gasteiger partial charge in [-0.25, -0.2) is 9.69 Å². The average Bonchev–Trinajstić information content (AvgIpc) is 2.63. The summed E-state index contributed by atoms with van der Waals surface area (Å²) in [6.07, 6.45) is 0. The van der Waals surface area contributed by atoms with Crippen molar-refractivity contribution in [1.82, 2.24) is 10.2 Å². The molecule has 1 aromatic carbocycles. The molecule has 1 atom stereocenters. The number of nitrogens with zero attached hydrogens (tertiary/aromatic N) is 2. The van der Waals surface area contributed by atoms with Crippen LogP contribution in [0.4, 0.5) is 10.5 Å². The van der Waals surface area contributed by atoms with Gasteiger partial charge < -0.3 is 10.2 Å². The molecule has 1 aromatic rings. The first kappa shape index (κ1) is 12.0. The van der Waals surface area contributed by atoms with Crippen LogP contribution in [0.3, 0.4) is 0 Å². The highest BCUT2D eigenvalue weighted by Crippen LogP contribution is 2.27. The third-order valence-electron chi connectivity index (χ3n) is 3.21. The van der Waals surface area contributed by atoms with Crippen LogP contribution < -0.4 is 10.2 Å². The summed E-state index contributed by atoms with van der Waals surface area (Å²) in [6.45, 7) is 0.0762. The fraction of sp³-hybridized carbons (Fsp3) is 0.250. The Hall–Kier alpha value is -2.08. The Bertz CT molecular complexity index is 572. The number of amides is 4. The normalized spacial score (nSPS) is 22.6. The second-order valence-corrected chi connectivity index (χ2v) is 4.82. The number of hydrogen-bond donors (Lipinski definition) is 1. The predicted molar refractivity (Wildman–Crippen MR) is 67.8 cm³/mol. The molecule has 7 heteroatoms. The summed E-state index contributed by atoms with van der Waals surface area (Å²) in [6, 6.07) is 5.35. The lowest BCUT2D eigenvalue weighted by Crippen LogP contribution is -2.54. The molecule has 0 aromatic heterocycles. The summed E-state index contributed by atoms with van der Waals surface area (Å²) in [7, 11) is 0. The zero-order valence-corrected chi connectivity index (χ0v) is 10.6. The van der Waals surface area contributed by atoms with Gasteiger partial charge in [-0.05, 0) is 24.3 Å². The second kappa shape index (κ2) is 4.24. The molecule has 2 fully saturated rings. The van der Waals surface area contributed by atoms with Crippen LogP contribution in [-0.2, 0) is 9.59 Å². The molecular weight excluding hydrogens is 270 g/mol. The van der Waals surface area contributed by atoms with Crippen molar-refractivity contribution in [2.24, 2.45) is 0 Å². The zero-order valence-electron chi connectivity index (χ0n) is 9.80. The van der Waals surface area contributed by atoms with E-state index >= 15 is 0 Å². The molecule has 1 N–H and O–H groups in total. The molecule has 0 aliphatic carbocycles. The first-order chi connectivity index (χ1) is 9.08. The minimum absolute atomic E-state index is 0.0840. The number of hydrogen-bond acceptors (Lipinski definition) is 3. The monoisotopic (exact) mass is 279 g/mol. The largest absolute Gasteiger partial charge is 0.352 e. The molecular formula is C12H10ClN3O3. The van der Waals surface area contributed by atoms with E-state index < -0.39 is 12.1 Å². The number of urea groups is 1. The molecule has 6 nitrogen and oxygen atoms in total. The third kappa shape index (κ3) is 1.84. The Kier molecular flexibility index (Phi) is 2.67. The van der Waals surface area contributed by atoms with Crippen molar-refractivity contribution in [3.05, 3.63) is 29.3 Å². The van der Waals surface area contributed by atoms with Crippen molar-refractivity contribution >= 4 is 35.1 Å². The molecule has 0 radical (unpaired) electrons. The maximum atomic E-state index is 12.2. The molecule has 0 saturated carbocycles. The molecule has 1 unspecified atom stereocenters. The number of rotatable bonds is 1. The molecule has 0 spiro atoms. The SMILES string of the molecule is O=C1CN2C(=O)N(c3ccc(Cl)cc3)C(=O)C2CN1. The predicted octanol–water partition coefficient (Wildman–Crippen LogP) is 0.607. The summed E-state index contributed by atoms with van der Waals surface area (Å²) >= 11 is 5.78. The third-order valence-corrected chi connectivity index (χ3v) is 3.46. The highest BCUT2D eigenvalue weighted by atomic mass is 35.5. The smallest absolute Gasteiger partial charge is 0.332 e. The van der Waals surface area contributed by atoms with Crippen LogP contribution in [0.25, 0.3) is 0 Å². The standard InChI is InChI=1S/C12H10ClN3O3/c13-7-1-3-8(4-2-7)16-11(18)9-5-14-10(17)6-15(9)12(16)19/h1-4,9H,5-6H2,(H,14,17). The van der Waals surface area contributed by atoms with E-state index in [2.05, 4.69) is 5.32 Å². The van der Waals surface area contributed by atoms with Gasteiger partial charge in [0.15, 0.2) is 0 Å². The summed E-state index contributed by atoms with van der Waals surface area (Å²) < 4.78 is 0. The number of benzene rings is 1. The van der Waals surface area contributed by atoms with Gasteiger partial charge in [0.25, 0.3) is 5.91 Å². The van der Waals surface area contributed by atoms with Crippen molar-refractivity contribution in [2.45, 2.75) is 6.04 Å². The van der Waals surface area contributed by atoms with Gasteiger partial charge in [-0.2, -0.15) is 0 Å². The molecule has 98 valence electrons. The van der Waals surface area contributed by atoms with Crippen molar-refractivity contribution in [2.75, 3.05) is 18.0 Å². The van der Waals surface area contributed by atoms with Gasteiger partial charge in [0.05, 0.1) is 5.69 Å². The molecule has 0 bridgehead atoms. The van der Waals surface area contributed by atoms with Crippen molar-refractivity contribution in [3.8, 4) is 0 Å². The summed E-state index contributed by atoms with van der Waals surface area (Å²) in [5, 5.41) is 3.11. The van der Waals surface area contributed by atoms with Gasteiger partial charge >= 0.3 is 6.03 Å². The lowest BCUT2D eigenvalue weighted by molar-refractivity contribution is -0.126.